The number of rotatable bonds is 9. The summed E-state index contributed by atoms with van der Waals surface area (Å²) >= 11 is 0. The van der Waals surface area contributed by atoms with Gasteiger partial charge in [-0.05, 0) is 38.0 Å². The summed E-state index contributed by atoms with van der Waals surface area (Å²) in [6.07, 6.45) is 6.84. The van der Waals surface area contributed by atoms with Crippen molar-refractivity contribution >= 4 is 17.8 Å². The number of nitrogens with zero attached hydrogens (tertiary/aromatic N) is 2. The van der Waals surface area contributed by atoms with Gasteiger partial charge in [0.05, 0.1) is 11.8 Å². The predicted octanol–water partition coefficient (Wildman–Crippen LogP) is 0.775. The standard InChI is InChI=1S/C19H30N4O3/c1-3-20-19(22-9-5-11-26-2)21-8-4-10-23-17(24)15-13-6-7-14(12-13)16(15)18(23)25/h6-7,13-16H,3-5,8-12H2,1-2H3,(H2,20,21,22). The first-order valence-electron chi connectivity index (χ1n) is 9.72. The van der Waals surface area contributed by atoms with Crippen molar-refractivity contribution in [2.45, 2.75) is 26.2 Å². The number of carbonyl (C=O) groups is 2. The SMILES string of the molecule is CCNC(=NCCCN1C(=O)C2C3C=CC(C3)C2C1=O)NCCCOC. The summed E-state index contributed by atoms with van der Waals surface area (Å²) in [4.78, 5) is 31.2. The Balaban J connectivity index is 1.45. The number of guanidine groups is 1. The third-order valence-electron chi connectivity index (χ3n) is 5.53. The molecule has 1 saturated carbocycles. The van der Waals surface area contributed by atoms with E-state index in [0.29, 0.717) is 26.1 Å². The lowest BCUT2D eigenvalue weighted by Gasteiger charge is -2.17. The lowest BCUT2D eigenvalue weighted by atomic mass is 9.85. The first-order chi connectivity index (χ1) is 12.7. The van der Waals surface area contributed by atoms with Crippen LogP contribution in [0.4, 0.5) is 0 Å². The van der Waals surface area contributed by atoms with Crippen LogP contribution < -0.4 is 10.6 Å². The third kappa shape index (κ3) is 3.77. The molecular weight excluding hydrogens is 332 g/mol. The summed E-state index contributed by atoms with van der Waals surface area (Å²) in [5.74, 6) is 1.20. The van der Waals surface area contributed by atoms with Crippen LogP contribution in [0.2, 0.25) is 0 Å². The molecule has 0 aromatic carbocycles. The normalized spacial score (nSPS) is 29.6. The number of ether oxygens (including phenoxy) is 1. The molecule has 144 valence electrons. The average Bonchev–Trinajstić information content (AvgIpc) is 3.31. The second-order valence-electron chi connectivity index (χ2n) is 7.22. The van der Waals surface area contributed by atoms with E-state index >= 15 is 0 Å². The quantitative estimate of drug-likeness (QED) is 0.208. The van der Waals surface area contributed by atoms with Crippen molar-refractivity contribution in [2.24, 2.45) is 28.7 Å². The second-order valence-corrected chi connectivity index (χ2v) is 7.22. The van der Waals surface area contributed by atoms with Crippen LogP contribution in [0.5, 0.6) is 0 Å². The van der Waals surface area contributed by atoms with Crippen molar-refractivity contribution in [2.75, 3.05) is 39.9 Å². The van der Waals surface area contributed by atoms with Gasteiger partial charge < -0.3 is 15.4 Å². The fraction of sp³-hybridized carbons (Fsp3) is 0.737. The molecule has 1 heterocycles. The highest BCUT2D eigenvalue weighted by Crippen LogP contribution is 2.52. The number of fused-ring (bicyclic) bond motifs is 5. The van der Waals surface area contributed by atoms with Crippen molar-refractivity contribution in [3.8, 4) is 0 Å². The number of hydrogen-bond donors (Lipinski definition) is 2. The Morgan fingerprint density at radius 3 is 2.50 bits per heavy atom. The molecule has 0 radical (unpaired) electrons. The molecule has 2 N–H and O–H groups in total. The van der Waals surface area contributed by atoms with Crippen molar-refractivity contribution < 1.29 is 14.3 Å². The Kier molecular flexibility index (Phi) is 6.29. The molecule has 2 bridgehead atoms. The maximum atomic E-state index is 12.6. The topological polar surface area (TPSA) is 83.0 Å². The van der Waals surface area contributed by atoms with Gasteiger partial charge in [0, 0.05) is 39.9 Å². The second kappa shape index (κ2) is 8.66. The molecule has 1 aliphatic heterocycles. The monoisotopic (exact) mass is 362 g/mol. The first-order valence-corrected chi connectivity index (χ1v) is 9.72. The van der Waals surface area contributed by atoms with Crippen LogP contribution >= 0.6 is 0 Å². The highest BCUT2D eigenvalue weighted by atomic mass is 16.5. The van der Waals surface area contributed by atoms with Crippen LogP contribution in [0.3, 0.4) is 0 Å². The van der Waals surface area contributed by atoms with Gasteiger partial charge in [0.25, 0.3) is 0 Å². The third-order valence-corrected chi connectivity index (χ3v) is 5.53. The van der Waals surface area contributed by atoms with Crippen LogP contribution in [0.15, 0.2) is 17.1 Å². The van der Waals surface area contributed by atoms with Gasteiger partial charge in [-0.3, -0.25) is 19.5 Å². The molecule has 0 aromatic heterocycles. The Morgan fingerprint density at radius 1 is 1.19 bits per heavy atom. The predicted molar refractivity (Wildman–Crippen MR) is 99.5 cm³/mol. The fourth-order valence-corrected chi connectivity index (χ4v) is 4.37. The highest BCUT2D eigenvalue weighted by molar-refractivity contribution is 6.06. The number of hydrogen-bond acceptors (Lipinski definition) is 4. The number of likely N-dealkylation sites (tertiary alicyclic amines) is 1. The van der Waals surface area contributed by atoms with Gasteiger partial charge in [-0.25, -0.2) is 0 Å². The lowest BCUT2D eigenvalue weighted by molar-refractivity contribution is -0.140. The molecule has 1 saturated heterocycles. The molecule has 0 aromatic rings. The number of nitrogens with one attached hydrogen (secondary N) is 2. The number of allylic oxidation sites excluding steroid dienone is 2. The smallest absolute Gasteiger partial charge is 0.233 e. The molecule has 2 aliphatic carbocycles. The number of aliphatic imine (C=N–C) groups is 1. The Hall–Kier alpha value is -1.89. The average molecular weight is 362 g/mol. The zero-order chi connectivity index (χ0) is 18.5. The molecule has 2 amide bonds. The maximum absolute atomic E-state index is 12.6. The molecular formula is C19H30N4O3. The minimum atomic E-state index is -0.0965. The van der Waals surface area contributed by atoms with Gasteiger partial charge in [-0.1, -0.05) is 12.2 Å². The van der Waals surface area contributed by atoms with E-state index in [1.165, 1.54) is 4.90 Å². The summed E-state index contributed by atoms with van der Waals surface area (Å²) in [5.41, 5.74) is 0. The Morgan fingerprint density at radius 2 is 1.88 bits per heavy atom. The molecule has 26 heavy (non-hydrogen) atoms. The molecule has 4 atom stereocenters. The fourth-order valence-electron chi connectivity index (χ4n) is 4.37. The lowest BCUT2D eigenvalue weighted by Crippen LogP contribution is -2.38. The molecule has 3 aliphatic rings. The number of methoxy groups -OCH3 is 1. The van der Waals surface area contributed by atoms with Gasteiger partial charge in [-0.15, -0.1) is 0 Å². The van der Waals surface area contributed by atoms with Gasteiger partial charge in [0.2, 0.25) is 11.8 Å². The molecule has 4 unspecified atom stereocenters. The van der Waals surface area contributed by atoms with Gasteiger partial charge >= 0.3 is 0 Å². The minimum Gasteiger partial charge on any atom is -0.385 e. The van der Waals surface area contributed by atoms with Crippen molar-refractivity contribution in [3.63, 3.8) is 0 Å². The highest BCUT2D eigenvalue weighted by Gasteiger charge is 2.58. The Bertz CT molecular complexity index is 559. The zero-order valence-corrected chi connectivity index (χ0v) is 15.7. The van der Waals surface area contributed by atoms with Crippen LogP contribution in [0.25, 0.3) is 0 Å². The number of amides is 2. The van der Waals surface area contributed by atoms with Crippen LogP contribution in [0.1, 0.15) is 26.2 Å². The van der Waals surface area contributed by atoms with Gasteiger partial charge in [-0.2, -0.15) is 0 Å². The van der Waals surface area contributed by atoms with E-state index in [-0.39, 0.29) is 35.5 Å². The van der Waals surface area contributed by atoms with E-state index in [2.05, 4.69) is 27.8 Å². The summed E-state index contributed by atoms with van der Waals surface area (Å²) < 4.78 is 5.04. The van der Waals surface area contributed by atoms with Crippen LogP contribution in [-0.2, 0) is 14.3 Å². The van der Waals surface area contributed by atoms with Gasteiger partial charge in [0.15, 0.2) is 5.96 Å². The van der Waals surface area contributed by atoms with Gasteiger partial charge in [0.1, 0.15) is 0 Å². The first kappa shape index (κ1) is 18.9. The van der Waals surface area contributed by atoms with E-state index in [0.717, 1.165) is 31.9 Å². The van der Waals surface area contributed by atoms with Crippen molar-refractivity contribution in [1.82, 2.24) is 15.5 Å². The summed E-state index contributed by atoms with van der Waals surface area (Å²) in [5, 5.41) is 6.46. The number of imide groups is 1. The molecule has 0 spiro atoms. The molecule has 7 nitrogen and oxygen atoms in total. The molecule has 7 heteroatoms. The number of carbonyl (C=O) groups excluding carboxylic acids is 2. The minimum absolute atomic E-state index is 0.0328. The van der Waals surface area contributed by atoms with Crippen molar-refractivity contribution in [1.29, 1.82) is 0 Å². The van der Waals surface area contributed by atoms with E-state index in [1.54, 1.807) is 7.11 Å². The summed E-state index contributed by atoms with van der Waals surface area (Å²) in [7, 11) is 1.69. The maximum Gasteiger partial charge on any atom is 0.233 e. The summed E-state index contributed by atoms with van der Waals surface area (Å²) in [6, 6.07) is 0. The van der Waals surface area contributed by atoms with E-state index < -0.39 is 0 Å². The van der Waals surface area contributed by atoms with E-state index in [9.17, 15) is 9.59 Å². The Labute approximate surface area is 155 Å². The van der Waals surface area contributed by atoms with Crippen LogP contribution in [-0.4, -0.2) is 62.6 Å². The largest absolute Gasteiger partial charge is 0.385 e. The summed E-state index contributed by atoms with van der Waals surface area (Å²) in [6.45, 7) is 5.37. The van der Waals surface area contributed by atoms with E-state index in [1.807, 2.05) is 6.92 Å². The van der Waals surface area contributed by atoms with E-state index in [4.69, 9.17) is 4.74 Å². The van der Waals surface area contributed by atoms with Crippen molar-refractivity contribution in [3.05, 3.63) is 12.2 Å². The zero-order valence-electron chi connectivity index (χ0n) is 15.7. The molecule has 2 fully saturated rings. The van der Waals surface area contributed by atoms with Crippen LogP contribution in [0, 0.1) is 23.7 Å². The molecule has 3 rings (SSSR count).